The van der Waals surface area contributed by atoms with Gasteiger partial charge in [-0.3, -0.25) is 9.79 Å². The molecule has 2 aliphatic rings. The maximum Gasteiger partial charge on any atom is 0.397 e. The smallest absolute Gasteiger partial charge is 0.397 e. The number of aromatic nitrogens is 3. The highest BCUT2D eigenvalue weighted by Crippen LogP contribution is 2.36. The number of ketones is 1. The number of halogens is 5. The number of fused-ring (bicyclic) bond motifs is 1. The Labute approximate surface area is 204 Å². The second-order valence-electron chi connectivity index (χ2n) is 9.19. The molecule has 12 heteroatoms. The van der Waals surface area contributed by atoms with E-state index in [9.17, 15) is 26.7 Å². The first kappa shape index (κ1) is 26.0. The maximum atomic E-state index is 13.4. The van der Waals surface area contributed by atoms with Crippen molar-refractivity contribution in [3.8, 4) is 5.88 Å². The number of H-pyrrole nitrogens is 1. The number of nitrogens with one attached hydrogen (secondary N) is 2. The van der Waals surface area contributed by atoms with E-state index in [-0.39, 0.29) is 52.9 Å². The molecule has 1 fully saturated rings. The summed E-state index contributed by atoms with van der Waals surface area (Å²) in [4.78, 5) is 27.8. The zero-order valence-corrected chi connectivity index (χ0v) is 19.6. The number of imidazole rings is 1. The van der Waals surface area contributed by atoms with Gasteiger partial charge in [-0.2, -0.15) is 23.1 Å². The molecular weight excluding hydrogens is 485 g/mol. The van der Waals surface area contributed by atoms with Gasteiger partial charge in [0.25, 0.3) is 6.43 Å². The van der Waals surface area contributed by atoms with Gasteiger partial charge in [0.2, 0.25) is 11.8 Å². The van der Waals surface area contributed by atoms with Crippen molar-refractivity contribution in [3.63, 3.8) is 0 Å². The Morgan fingerprint density at radius 2 is 1.97 bits per heavy atom. The Bertz CT molecular complexity index is 1120. The van der Waals surface area contributed by atoms with Crippen LogP contribution >= 0.6 is 0 Å². The van der Waals surface area contributed by atoms with Gasteiger partial charge < -0.3 is 15.0 Å². The van der Waals surface area contributed by atoms with Gasteiger partial charge in [-0.1, -0.05) is 38.5 Å². The van der Waals surface area contributed by atoms with Crippen LogP contribution in [0.15, 0.2) is 23.0 Å². The molecule has 3 heterocycles. The number of aliphatic imine (C=N–C) groups is 1. The molecule has 2 aromatic heterocycles. The molecule has 1 aliphatic carbocycles. The number of aromatic amines is 1. The Balaban J connectivity index is 1.53. The highest BCUT2D eigenvalue weighted by molar-refractivity contribution is 6.00. The molecule has 0 aromatic carbocycles. The summed E-state index contributed by atoms with van der Waals surface area (Å²) in [6.07, 6.45) is 2.45. The van der Waals surface area contributed by atoms with Crippen LogP contribution in [0.25, 0.3) is 11.2 Å². The summed E-state index contributed by atoms with van der Waals surface area (Å²) in [6, 6.07) is 1.40. The van der Waals surface area contributed by atoms with Crippen LogP contribution < -0.4 is 10.1 Å². The van der Waals surface area contributed by atoms with Crippen LogP contribution in [0.5, 0.6) is 5.88 Å². The first-order valence-electron chi connectivity index (χ1n) is 12.1. The second kappa shape index (κ2) is 11.3. The van der Waals surface area contributed by atoms with Crippen LogP contribution in [0.2, 0.25) is 0 Å². The van der Waals surface area contributed by atoms with Crippen molar-refractivity contribution in [2.75, 3.05) is 11.9 Å². The number of carbonyl (C=O) groups excluding carboxylic acids is 1. The highest BCUT2D eigenvalue weighted by atomic mass is 19.4. The molecule has 2 aromatic rings. The van der Waals surface area contributed by atoms with Gasteiger partial charge in [-0.05, 0) is 24.8 Å². The first-order valence-corrected chi connectivity index (χ1v) is 12.1. The van der Waals surface area contributed by atoms with Gasteiger partial charge in [0.05, 0.1) is 11.1 Å². The quantitative estimate of drug-likeness (QED) is 0.282. The molecule has 1 saturated carbocycles. The van der Waals surface area contributed by atoms with Crippen LogP contribution in [0.1, 0.15) is 68.1 Å². The van der Waals surface area contributed by atoms with E-state index in [1.54, 1.807) is 0 Å². The maximum absolute atomic E-state index is 13.4. The number of alkyl halides is 5. The largest absolute Gasteiger partial charge is 0.471 e. The molecule has 36 heavy (non-hydrogen) atoms. The van der Waals surface area contributed by atoms with E-state index < -0.39 is 25.1 Å². The lowest BCUT2D eigenvalue weighted by Gasteiger charge is -2.23. The molecular formula is C24H28F5N5O2. The Hall–Kier alpha value is -3.05. The summed E-state index contributed by atoms with van der Waals surface area (Å²) in [5.74, 6) is -1.78. The minimum absolute atomic E-state index is 0.0176. The topological polar surface area (TPSA) is 92.3 Å². The van der Waals surface area contributed by atoms with Crippen molar-refractivity contribution in [2.45, 2.75) is 70.4 Å². The van der Waals surface area contributed by atoms with Gasteiger partial charge in [0, 0.05) is 24.5 Å². The van der Waals surface area contributed by atoms with Gasteiger partial charge >= 0.3 is 6.18 Å². The number of rotatable bonds is 10. The van der Waals surface area contributed by atoms with Crippen molar-refractivity contribution in [2.24, 2.45) is 16.8 Å². The molecule has 0 amide bonds. The van der Waals surface area contributed by atoms with Crippen molar-refractivity contribution in [3.05, 3.63) is 23.5 Å². The number of hydrogen-bond donors (Lipinski definition) is 2. The van der Waals surface area contributed by atoms with Crippen LogP contribution in [0.4, 0.5) is 27.9 Å². The van der Waals surface area contributed by atoms with E-state index in [4.69, 9.17) is 4.74 Å². The van der Waals surface area contributed by atoms with Crippen molar-refractivity contribution in [1.82, 2.24) is 15.0 Å². The number of Topliss-reactive ketones (excluding diaryl/α,β-unsaturated/α-hetero) is 1. The van der Waals surface area contributed by atoms with E-state index in [2.05, 4.69) is 25.3 Å². The summed E-state index contributed by atoms with van der Waals surface area (Å²) in [7, 11) is 0. The molecule has 196 valence electrons. The molecule has 1 unspecified atom stereocenters. The summed E-state index contributed by atoms with van der Waals surface area (Å²) in [6.45, 7) is -0.950. The number of hydrogen-bond acceptors (Lipinski definition) is 6. The minimum atomic E-state index is -4.48. The normalized spacial score (nSPS) is 19.1. The van der Waals surface area contributed by atoms with Gasteiger partial charge in [0.1, 0.15) is 5.92 Å². The van der Waals surface area contributed by atoms with Crippen LogP contribution in [-0.4, -0.2) is 46.2 Å². The second-order valence-corrected chi connectivity index (χ2v) is 9.19. The number of allylic oxidation sites excluding steroid dienone is 1. The van der Waals surface area contributed by atoms with Crippen LogP contribution in [-0.2, 0) is 0 Å². The van der Waals surface area contributed by atoms with Gasteiger partial charge in [-0.15, -0.1) is 0 Å². The molecule has 0 saturated heterocycles. The molecule has 7 nitrogen and oxygen atoms in total. The Kier molecular flexibility index (Phi) is 8.20. The van der Waals surface area contributed by atoms with E-state index in [1.165, 1.54) is 31.5 Å². The summed E-state index contributed by atoms with van der Waals surface area (Å²) < 4.78 is 70.8. The number of pyridine rings is 1. The summed E-state index contributed by atoms with van der Waals surface area (Å²) >= 11 is 0. The van der Waals surface area contributed by atoms with Crippen molar-refractivity contribution >= 4 is 29.1 Å². The monoisotopic (exact) mass is 513 g/mol. The molecule has 1 atom stereocenters. The molecule has 0 spiro atoms. The first-order chi connectivity index (χ1) is 17.2. The van der Waals surface area contributed by atoms with Crippen LogP contribution in [0.3, 0.4) is 0 Å². The standard InChI is InChI=1S/C24H28F5N5O2/c25-20(26)13-36-22-15(19(35)8-4-7-14-5-2-1-3-6-14)11-17-21(33-22)34-23(31-17)32-18-12-30-10-9-16(18)24(27,28)29/h10-12,14,16,20H,1-9,13H2,(H2,31,32,33,34). The zero-order valence-electron chi connectivity index (χ0n) is 19.6. The highest BCUT2D eigenvalue weighted by Gasteiger charge is 2.42. The number of anilines is 1. The predicted molar refractivity (Wildman–Crippen MR) is 125 cm³/mol. The van der Waals surface area contributed by atoms with E-state index >= 15 is 0 Å². The predicted octanol–water partition coefficient (Wildman–Crippen LogP) is 6.44. The summed E-state index contributed by atoms with van der Waals surface area (Å²) in [5.41, 5.74) is 0.124. The van der Waals surface area contributed by atoms with E-state index in [0.717, 1.165) is 25.5 Å². The molecule has 0 radical (unpaired) electrons. The van der Waals surface area contributed by atoms with Crippen molar-refractivity contribution in [1.29, 1.82) is 0 Å². The molecule has 1 aliphatic heterocycles. The Morgan fingerprint density at radius 1 is 1.19 bits per heavy atom. The van der Waals surface area contributed by atoms with E-state index in [0.29, 0.717) is 12.3 Å². The molecule has 4 rings (SSSR count). The fraction of sp³-hybridized carbons (Fsp3) is 0.583. The Morgan fingerprint density at radius 3 is 2.69 bits per heavy atom. The SMILES string of the molecule is O=C(CCCC1CCCCC1)c1cc2[nH]c(NC3=CN=CCC3C(F)(F)F)nc2nc1OCC(F)F. The fourth-order valence-electron chi connectivity index (χ4n) is 4.68. The minimum Gasteiger partial charge on any atom is -0.471 e. The molecule has 0 bridgehead atoms. The van der Waals surface area contributed by atoms with Gasteiger partial charge in [0.15, 0.2) is 18.0 Å². The van der Waals surface area contributed by atoms with Gasteiger partial charge in [-0.25, -0.2) is 8.78 Å². The number of nitrogens with zero attached hydrogens (tertiary/aromatic N) is 3. The third kappa shape index (κ3) is 6.58. The average Bonchev–Trinajstić information content (AvgIpc) is 3.23. The number of carbonyl (C=O) groups is 1. The van der Waals surface area contributed by atoms with E-state index in [1.807, 2.05) is 0 Å². The third-order valence-corrected chi connectivity index (χ3v) is 6.52. The lowest BCUT2D eigenvalue weighted by atomic mass is 9.85. The van der Waals surface area contributed by atoms with Crippen LogP contribution in [0, 0.1) is 11.8 Å². The average molecular weight is 514 g/mol. The number of ether oxygens (including phenoxy) is 1. The van der Waals surface area contributed by atoms with Crippen molar-refractivity contribution < 1.29 is 31.5 Å². The third-order valence-electron chi connectivity index (χ3n) is 6.52. The lowest BCUT2D eigenvalue weighted by Crippen LogP contribution is -2.29. The molecule has 2 N–H and O–H groups in total. The lowest BCUT2D eigenvalue weighted by molar-refractivity contribution is -0.161. The summed E-state index contributed by atoms with van der Waals surface area (Å²) in [5, 5.41) is 2.59. The fourth-order valence-corrected chi connectivity index (χ4v) is 4.68. The zero-order chi connectivity index (χ0) is 25.7.